The number of allylic oxidation sites excluding steroid dienone is 2. The van der Waals surface area contributed by atoms with Gasteiger partial charge in [0.2, 0.25) is 0 Å². The Kier molecular flexibility index (Phi) is 3.60. The van der Waals surface area contributed by atoms with E-state index < -0.39 is 0 Å². The van der Waals surface area contributed by atoms with Gasteiger partial charge < -0.3 is 11.5 Å². The summed E-state index contributed by atoms with van der Waals surface area (Å²) in [5, 5.41) is 0. The molecule has 0 aromatic rings. The zero-order valence-electron chi connectivity index (χ0n) is 7.00. The van der Waals surface area contributed by atoms with E-state index in [0.29, 0.717) is 6.54 Å². The summed E-state index contributed by atoms with van der Waals surface area (Å²) in [7, 11) is 0. The van der Waals surface area contributed by atoms with Crippen LogP contribution >= 0.6 is 0 Å². The fraction of sp³-hybridized carbons (Fsp3) is 0.778. The largest absolute Gasteiger partial charge is 0.329 e. The summed E-state index contributed by atoms with van der Waals surface area (Å²) in [5.41, 5.74) is 11.2. The van der Waals surface area contributed by atoms with E-state index >= 15 is 0 Å². The highest BCUT2D eigenvalue weighted by atomic mass is 14.7. The average molecular weight is 154 g/mol. The number of hydrogen-bond acceptors (Lipinski definition) is 2. The van der Waals surface area contributed by atoms with Crippen molar-refractivity contribution in [3.8, 4) is 0 Å². The fourth-order valence-corrected chi connectivity index (χ4v) is 1.59. The van der Waals surface area contributed by atoms with Crippen molar-refractivity contribution in [2.45, 2.75) is 31.7 Å². The van der Waals surface area contributed by atoms with E-state index in [1.807, 2.05) is 0 Å². The normalized spacial score (nSPS) is 26.9. The summed E-state index contributed by atoms with van der Waals surface area (Å²) in [6.07, 6.45) is 9.34. The van der Waals surface area contributed by atoms with Gasteiger partial charge in [0.15, 0.2) is 0 Å². The lowest BCUT2D eigenvalue weighted by atomic mass is 9.89. The molecule has 11 heavy (non-hydrogen) atoms. The van der Waals surface area contributed by atoms with E-state index in [4.69, 9.17) is 11.5 Å². The maximum Gasteiger partial charge on any atom is 0.0165 e. The SMILES string of the molecule is NCC(N)CC1CC=CCC1. The summed E-state index contributed by atoms with van der Waals surface area (Å²) >= 11 is 0. The molecule has 1 aliphatic carbocycles. The molecular weight excluding hydrogens is 136 g/mol. The number of rotatable bonds is 3. The Hall–Kier alpha value is -0.340. The first-order chi connectivity index (χ1) is 5.33. The van der Waals surface area contributed by atoms with Gasteiger partial charge in [-0.15, -0.1) is 0 Å². The van der Waals surface area contributed by atoms with Crippen LogP contribution in [0.3, 0.4) is 0 Å². The zero-order chi connectivity index (χ0) is 8.10. The van der Waals surface area contributed by atoms with Crippen LogP contribution in [0.15, 0.2) is 12.2 Å². The highest BCUT2D eigenvalue weighted by Gasteiger charge is 2.12. The lowest BCUT2D eigenvalue weighted by Gasteiger charge is -2.20. The van der Waals surface area contributed by atoms with E-state index in [0.717, 1.165) is 12.3 Å². The minimum atomic E-state index is 0.214. The monoisotopic (exact) mass is 154 g/mol. The van der Waals surface area contributed by atoms with Crippen molar-refractivity contribution in [2.24, 2.45) is 17.4 Å². The zero-order valence-corrected chi connectivity index (χ0v) is 7.00. The molecule has 2 unspecified atom stereocenters. The predicted octanol–water partition coefficient (Wildman–Crippen LogP) is 1.02. The maximum absolute atomic E-state index is 5.75. The second-order valence-corrected chi connectivity index (χ2v) is 3.38. The van der Waals surface area contributed by atoms with Gasteiger partial charge in [-0.3, -0.25) is 0 Å². The van der Waals surface area contributed by atoms with Gasteiger partial charge in [-0.25, -0.2) is 0 Å². The molecule has 1 aliphatic rings. The molecule has 2 heteroatoms. The molecule has 4 N–H and O–H groups in total. The van der Waals surface area contributed by atoms with E-state index in [9.17, 15) is 0 Å². The van der Waals surface area contributed by atoms with E-state index in [2.05, 4.69) is 12.2 Å². The second kappa shape index (κ2) is 4.52. The van der Waals surface area contributed by atoms with Gasteiger partial charge in [0.25, 0.3) is 0 Å². The van der Waals surface area contributed by atoms with Crippen molar-refractivity contribution in [2.75, 3.05) is 6.54 Å². The van der Waals surface area contributed by atoms with Gasteiger partial charge in [0.05, 0.1) is 0 Å². The van der Waals surface area contributed by atoms with Crippen LogP contribution in [0.1, 0.15) is 25.7 Å². The van der Waals surface area contributed by atoms with Crippen molar-refractivity contribution in [3.05, 3.63) is 12.2 Å². The van der Waals surface area contributed by atoms with Crippen molar-refractivity contribution in [3.63, 3.8) is 0 Å². The van der Waals surface area contributed by atoms with Crippen LogP contribution in [0, 0.1) is 5.92 Å². The fourth-order valence-electron chi connectivity index (χ4n) is 1.59. The molecule has 0 saturated heterocycles. The van der Waals surface area contributed by atoms with Crippen LogP contribution in [0.4, 0.5) is 0 Å². The first-order valence-corrected chi connectivity index (χ1v) is 4.43. The van der Waals surface area contributed by atoms with Crippen LogP contribution in [-0.4, -0.2) is 12.6 Å². The van der Waals surface area contributed by atoms with Crippen LogP contribution in [-0.2, 0) is 0 Å². The molecule has 0 heterocycles. The van der Waals surface area contributed by atoms with Crippen LogP contribution < -0.4 is 11.5 Å². The van der Waals surface area contributed by atoms with Gasteiger partial charge in [0.1, 0.15) is 0 Å². The molecule has 0 bridgehead atoms. The van der Waals surface area contributed by atoms with Gasteiger partial charge in [-0.1, -0.05) is 12.2 Å². The molecule has 2 atom stereocenters. The summed E-state index contributed by atoms with van der Waals surface area (Å²) in [6, 6.07) is 0.214. The first-order valence-electron chi connectivity index (χ1n) is 4.43. The van der Waals surface area contributed by atoms with Crippen LogP contribution in [0.2, 0.25) is 0 Å². The lowest BCUT2D eigenvalue weighted by molar-refractivity contribution is 0.405. The molecule has 0 aromatic heterocycles. The minimum Gasteiger partial charge on any atom is -0.329 e. The molecule has 1 rings (SSSR count). The van der Waals surface area contributed by atoms with Crippen molar-refractivity contribution >= 4 is 0 Å². The Morgan fingerprint density at radius 3 is 2.82 bits per heavy atom. The minimum absolute atomic E-state index is 0.214. The van der Waals surface area contributed by atoms with Crippen LogP contribution in [0.25, 0.3) is 0 Å². The molecule has 0 aliphatic heterocycles. The summed E-state index contributed by atoms with van der Waals surface area (Å²) < 4.78 is 0. The highest BCUT2D eigenvalue weighted by molar-refractivity contribution is 4.90. The van der Waals surface area contributed by atoms with E-state index in [-0.39, 0.29) is 6.04 Å². The van der Waals surface area contributed by atoms with E-state index in [1.54, 1.807) is 0 Å². The van der Waals surface area contributed by atoms with Crippen molar-refractivity contribution in [1.82, 2.24) is 0 Å². The first kappa shape index (κ1) is 8.75. The average Bonchev–Trinajstić information content (AvgIpc) is 2.06. The molecule has 0 aromatic carbocycles. The Balaban J connectivity index is 2.20. The van der Waals surface area contributed by atoms with Gasteiger partial charge in [0, 0.05) is 12.6 Å². The third-order valence-corrected chi connectivity index (χ3v) is 2.32. The highest BCUT2D eigenvalue weighted by Crippen LogP contribution is 2.21. The smallest absolute Gasteiger partial charge is 0.0165 e. The molecule has 0 saturated carbocycles. The number of hydrogen-bond donors (Lipinski definition) is 2. The third-order valence-electron chi connectivity index (χ3n) is 2.32. The molecular formula is C9H18N2. The summed E-state index contributed by atoms with van der Waals surface area (Å²) in [5.74, 6) is 0.790. The standard InChI is InChI=1S/C9H18N2/c10-7-9(11)6-8-4-2-1-3-5-8/h1-2,8-9H,3-7,10-11H2. The summed E-state index contributed by atoms with van der Waals surface area (Å²) in [4.78, 5) is 0. The van der Waals surface area contributed by atoms with Gasteiger partial charge in [-0.2, -0.15) is 0 Å². The molecule has 0 fully saturated rings. The summed E-state index contributed by atoms with van der Waals surface area (Å²) in [6.45, 7) is 0.625. The maximum atomic E-state index is 5.75. The van der Waals surface area contributed by atoms with Crippen molar-refractivity contribution in [1.29, 1.82) is 0 Å². The molecule has 0 amide bonds. The topological polar surface area (TPSA) is 52.0 Å². The Morgan fingerprint density at radius 2 is 2.27 bits per heavy atom. The Morgan fingerprint density at radius 1 is 1.45 bits per heavy atom. The lowest BCUT2D eigenvalue weighted by Crippen LogP contribution is -2.32. The number of nitrogens with two attached hydrogens (primary N) is 2. The molecule has 0 spiro atoms. The Labute approximate surface area is 68.6 Å². The predicted molar refractivity (Wildman–Crippen MR) is 48.1 cm³/mol. The van der Waals surface area contributed by atoms with Crippen LogP contribution in [0.5, 0.6) is 0 Å². The second-order valence-electron chi connectivity index (χ2n) is 3.38. The van der Waals surface area contributed by atoms with E-state index in [1.165, 1.54) is 19.3 Å². The molecule has 64 valence electrons. The van der Waals surface area contributed by atoms with Gasteiger partial charge >= 0.3 is 0 Å². The molecule has 0 radical (unpaired) electrons. The third kappa shape index (κ3) is 3.04. The quantitative estimate of drug-likeness (QED) is 0.596. The Bertz CT molecular complexity index is 132. The van der Waals surface area contributed by atoms with Gasteiger partial charge in [-0.05, 0) is 31.6 Å². The molecule has 2 nitrogen and oxygen atoms in total. The van der Waals surface area contributed by atoms with Crippen molar-refractivity contribution < 1.29 is 0 Å².